The summed E-state index contributed by atoms with van der Waals surface area (Å²) in [5.41, 5.74) is 5.15. The Bertz CT molecular complexity index is 856. The largest absolute Gasteiger partial charge is 0.356 e. The van der Waals surface area contributed by atoms with Crippen LogP contribution in [0, 0.1) is 0 Å². The molecule has 0 unspecified atom stereocenters. The Balaban J connectivity index is 1.36. The van der Waals surface area contributed by atoms with Gasteiger partial charge in [-0.15, -0.1) is 0 Å². The zero-order chi connectivity index (χ0) is 22.1. The van der Waals surface area contributed by atoms with E-state index in [0.717, 1.165) is 51.4 Å². The zero-order valence-electron chi connectivity index (χ0n) is 19.2. The van der Waals surface area contributed by atoms with Gasteiger partial charge in [-0.05, 0) is 47.4 Å². The molecule has 1 saturated heterocycles. The zero-order valence-corrected chi connectivity index (χ0v) is 19.2. The van der Waals surface area contributed by atoms with E-state index >= 15 is 0 Å². The minimum atomic E-state index is 0.271. The maximum Gasteiger partial charge on any atom is 0.222 e. The molecule has 5 heteroatoms. The SMILES string of the molecule is CN=C(NCCCc1ccc(C(C)C)cc1)NCc1ccc(CN2CCCC2=O)cc1. The van der Waals surface area contributed by atoms with Gasteiger partial charge >= 0.3 is 0 Å². The van der Waals surface area contributed by atoms with E-state index in [2.05, 4.69) is 78.0 Å². The Hall–Kier alpha value is -2.82. The van der Waals surface area contributed by atoms with Gasteiger partial charge in [0.05, 0.1) is 0 Å². The van der Waals surface area contributed by atoms with Crippen molar-refractivity contribution in [3.05, 3.63) is 70.8 Å². The molecule has 166 valence electrons. The quantitative estimate of drug-likeness (QED) is 0.363. The van der Waals surface area contributed by atoms with Crippen LogP contribution in [0.1, 0.15) is 61.3 Å². The van der Waals surface area contributed by atoms with Crippen LogP contribution in [0.3, 0.4) is 0 Å². The van der Waals surface area contributed by atoms with Crippen molar-refractivity contribution in [3.63, 3.8) is 0 Å². The summed E-state index contributed by atoms with van der Waals surface area (Å²) >= 11 is 0. The Morgan fingerprint density at radius 1 is 1.00 bits per heavy atom. The third-order valence-electron chi connectivity index (χ3n) is 5.83. The molecule has 1 amide bonds. The number of carbonyl (C=O) groups is 1. The molecule has 0 atom stereocenters. The number of aryl methyl sites for hydroxylation is 1. The summed E-state index contributed by atoms with van der Waals surface area (Å²) in [5.74, 6) is 1.67. The van der Waals surface area contributed by atoms with Gasteiger partial charge in [-0.25, -0.2) is 0 Å². The first-order chi connectivity index (χ1) is 15.0. The summed E-state index contributed by atoms with van der Waals surface area (Å²) in [6.45, 7) is 7.66. The van der Waals surface area contributed by atoms with Crippen molar-refractivity contribution in [2.24, 2.45) is 4.99 Å². The summed E-state index contributed by atoms with van der Waals surface area (Å²) in [4.78, 5) is 18.0. The number of carbonyl (C=O) groups excluding carboxylic acids is 1. The predicted molar refractivity (Wildman–Crippen MR) is 128 cm³/mol. The monoisotopic (exact) mass is 420 g/mol. The molecule has 0 radical (unpaired) electrons. The first-order valence-electron chi connectivity index (χ1n) is 11.4. The molecular formula is C26H36N4O. The van der Waals surface area contributed by atoms with E-state index in [9.17, 15) is 4.79 Å². The minimum Gasteiger partial charge on any atom is -0.356 e. The molecule has 0 bridgehead atoms. The fourth-order valence-electron chi connectivity index (χ4n) is 3.83. The second kappa shape index (κ2) is 11.5. The van der Waals surface area contributed by atoms with Gasteiger partial charge in [-0.2, -0.15) is 0 Å². The second-order valence-corrected chi connectivity index (χ2v) is 8.59. The lowest BCUT2D eigenvalue weighted by atomic mass is 10.0. The number of amides is 1. The average Bonchev–Trinajstić information content (AvgIpc) is 3.19. The minimum absolute atomic E-state index is 0.271. The number of nitrogens with zero attached hydrogens (tertiary/aromatic N) is 2. The van der Waals surface area contributed by atoms with Gasteiger partial charge in [-0.3, -0.25) is 9.79 Å². The molecule has 1 aliphatic rings. The van der Waals surface area contributed by atoms with Crippen molar-refractivity contribution in [3.8, 4) is 0 Å². The molecule has 3 rings (SSSR count). The highest BCUT2D eigenvalue weighted by Gasteiger charge is 2.19. The summed E-state index contributed by atoms with van der Waals surface area (Å²) in [5, 5.41) is 6.78. The van der Waals surface area contributed by atoms with Gasteiger partial charge in [0.1, 0.15) is 0 Å². The van der Waals surface area contributed by atoms with Crippen molar-refractivity contribution in [2.45, 2.75) is 58.5 Å². The molecule has 1 aliphatic heterocycles. The first-order valence-corrected chi connectivity index (χ1v) is 11.4. The fraction of sp³-hybridized carbons (Fsp3) is 0.462. The van der Waals surface area contributed by atoms with Gasteiger partial charge in [0, 0.05) is 39.6 Å². The van der Waals surface area contributed by atoms with Crippen LogP contribution in [0.2, 0.25) is 0 Å². The van der Waals surface area contributed by atoms with Crippen LogP contribution in [0.4, 0.5) is 0 Å². The normalized spacial score (nSPS) is 14.4. The van der Waals surface area contributed by atoms with Crippen molar-refractivity contribution >= 4 is 11.9 Å². The van der Waals surface area contributed by atoms with E-state index in [1.54, 1.807) is 7.05 Å². The molecule has 1 heterocycles. The molecule has 1 fully saturated rings. The Morgan fingerprint density at radius 2 is 1.68 bits per heavy atom. The molecule has 5 nitrogen and oxygen atoms in total. The molecule has 0 aromatic heterocycles. The highest BCUT2D eigenvalue weighted by atomic mass is 16.2. The van der Waals surface area contributed by atoms with E-state index < -0.39 is 0 Å². The highest BCUT2D eigenvalue weighted by molar-refractivity contribution is 5.79. The van der Waals surface area contributed by atoms with Crippen LogP contribution in [0.15, 0.2) is 53.5 Å². The fourth-order valence-corrected chi connectivity index (χ4v) is 3.83. The van der Waals surface area contributed by atoms with E-state index in [1.165, 1.54) is 22.3 Å². The maximum atomic E-state index is 11.8. The summed E-state index contributed by atoms with van der Waals surface area (Å²) < 4.78 is 0. The van der Waals surface area contributed by atoms with Crippen LogP contribution in [0.5, 0.6) is 0 Å². The van der Waals surface area contributed by atoms with Gasteiger partial charge in [0.2, 0.25) is 5.91 Å². The third-order valence-corrected chi connectivity index (χ3v) is 5.83. The van der Waals surface area contributed by atoms with Crippen LogP contribution in [0.25, 0.3) is 0 Å². The third kappa shape index (κ3) is 7.12. The molecule has 2 N–H and O–H groups in total. The lowest BCUT2D eigenvalue weighted by Gasteiger charge is -2.16. The van der Waals surface area contributed by atoms with Crippen LogP contribution in [-0.4, -0.2) is 36.9 Å². The molecule has 0 spiro atoms. The number of benzene rings is 2. The van der Waals surface area contributed by atoms with Crippen LogP contribution >= 0.6 is 0 Å². The second-order valence-electron chi connectivity index (χ2n) is 8.59. The van der Waals surface area contributed by atoms with Crippen molar-refractivity contribution in [1.82, 2.24) is 15.5 Å². The van der Waals surface area contributed by atoms with Gasteiger partial charge in [-0.1, -0.05) is 62.4 Å². The van der Waals surface area contributed by atoms with Crippen molar-refractivity contribution in [2.75, 3.05) is 20.1 Å². The van der Waals surface area contributed by atoms with Gasteiger partial charge < -0.3 is 15.5 Å². The molecule has 2 aromatic rings. The molecule has 0 saturated carbocycles. The average molecular weight is 421 g/mol. The van der Waals surface area contributed by atoms with Crippen LogP contribution < -0.4 is 10.6 Å². The number of aliphatic imine (C=N–C) groups is 1. The number of likely N-dealkylation sites (tertiary alicyclic amines) is 1. The molecular weight excluding hydrogens is 384 g/mol. The van der Waals surface area contributed by atoms with E-state index in [1.807, 2.05) is 4.90 Å². The summed E-state index contributed by atoms with van der Waals surface area (Å²) in [6.07, 6.45) is 3.80. The predicted octanol–water partition coefficient (Wildman–Crippen LogP) is 4.23. The Labute approximate surface area is 187 Å². The van der Waals surface area contributed by atoms with E-state index in [0.29, 0.717) is 12.3 Å². The lowest BCUT2D eigenvalue weighted by Crippen LogP contribution is -2.37. The van der Waals surface area contributed by atoms with Crippen molar-refractivity contribution in [1.29, 1.82) is 0 Å². The van der Waals surface area contributed by atoms with Gasteiger partial charge in [0.15, 0.2) is 5.96 Å². The highest BCUT2D eigenvalue weighted by Crippen LogP contribution is 2.16. The topological polar surface area (TPSA) is 56.7 Å². The standard InChI is InChI=1S/C26H36N4O/c1-20(2)24-14-12-21(13-15-24)6-4-16-28-26(27-3)29-18-22-8-10-23(11-9-22)19-30-17-5-7-25(30)31/h8-15,20H,4-7,16-19H2,1-3H3,(H2,27,28,29). The van der Waals surface area contributed by atoms with Crippen LogP contribution in [-0.2, 0) is 24.3 Å². The number of nitrogens with one attached hydrogen (secondary N) is 2. The summed E-state index contributed by atoms with van der Waals surface area (Å²) in [6, 6.07) is 17.4. The van der Waals surface area contributed by atoms with Crippen molar-refractivity contribution < 1.29 is 4.79 Å². The number of rotatable bonds is 9. The Kier molecular flexibility index (Phi) is 8.51. The molecule has 2 aromatic carbocycles. The smallest absolute Gasteiger partial charge is 0.222 e. The number of hydrogen-bond acceptors (Lipinski definition) is 2. The number of guanidine groups is 1. The van der Waals surface area contributed by atoms with Gasteiger partial charge in [0.25, 0.3) is 0 Å². The van der Waals surface area contributed by atoms with E-state index in [4.69, 9.17) is 0 Å². The molecule has 0 aliphatic carbocycles. The Morgan fingerprint density at radius 3 is 2.29 bits per heavy atom. The molecule has 31 heavy (non-hydrogen) atoms. The lowest BCUT2D eigenvalue weighted by molar-refractivity contribution is -0.128. The number of hydrogen-bond donors (Lipinski definition) is 2. The maximum absolute atomic E-state index is 11.8. The van der Waals surface area contributed by atoms with E-state index in [-0.39, 0.29) is 5.91 Å². The summed E-state index contributed by atoms with van der Waals surface area (Å²) in [7, 11) is 1.80. The first kappa shape index (κ1) is 22.9.